The van der Waals surface area contributed by atoms with E-state index in [1.54, 1.807) is 0 Å². The number of benzene rings is 2. The van der Waals surface area contributed by atoms with Crippen molar-refractivity contribution in [2.45, 2.75) is 6.18 Å². The molecule has 1 heterocycles. The Labute approximate surface area is 171 Å². The monoisotopic (exact) mass is 445 g/mol. The topological polar surface area (TPSA) is 67.8 Å². The molecule has 2 aromatic rings. The van der Waals surface area contributed by atoms with E-state index in [9.17, 15) is 26.9 Å². The first-order valence-corrected chi connectivity index (χ1v) is 9.40. The van der Waals surface area contributed by atoms with Gasteiger partial charge in [0.15, 0.2) is 5.70 Å². The molecular weight excluding hydrogens is 434 g/mol. The highest BCUT2D eigenvalue weighted by Crippen LogP contribution is 2.30. The molecule has 3 rings (SSSR count). The Morgan fingerprint density at radius 1 is 1.24 bits per heavy atom. The Hall–Kier alpha value is -2.56. The van der Waals surface area contributed by atoms with E-state index >= 15 is 0 Å². The molecule has 0 bridgehead atoms. The van der Waals surface area contributed by atoms with Crippen LogP contribution in [0.2, 0.25) is 5.02 Å². The van der Waals surface area contributed by atoms with Gasteiger partial charge in [-0.15, -0.1) is 0 Å². The van der Waals surface area contributed by atoms with E-state index < -0.39 is 35.0 Å². The molecule has 1 aliphatic heterocycles. The second-order valence-electron chi connectivity index (χ2n) is 5.90. The Morgan fingerprint density at radius 3 is 2.62 bits per heavy atom. The summed E-state index contributed by atoms with van der Waals surface area (Å²) < 4.78 is 69.3. The average Bonchev–Trinajstić information content (AvgIpc) is 2.66. The van der Waals surface area contributed by atoms with E-state index in [1.165, 1.54) is 37.4 Å². The number of hydrogen-bond acceptors (Lipinski definition) is 4. The van der Waals surface area contributed by atoms with E-state index in [-0.39, 0.29) is 27.7 Å². The average molecular weight is 446 g/mol. The lowest BCUT2D eigenvalue weighted by Crippen LogP contribution is -2.35. The van der Waals surface area contributed by atoms with Crippen LogP contribution in [0, 0.1) is 5.82 Å². The first kappa shape index (κ1) is 21.2. The fourth-order valence-corrected chi connectivity index (χ4v) is 3.38. The number of halogens is 5. The SMILES string of the molecule is CN1C(C(=O)Nc2ccc(F)c(Cl)c2)=CC(c2cccc(C(F)(F)F)c2)=N[S+]1[O-]. The van der Waals surface area contributed by atoms with E-state index in [1.807, 2.05) is 0 Å². The highest BCUT2D eigenvalue weighted by atomic mass is 35.5. The molecule has 1 aliphatic rings. The van der Waals surface area contributed by atoms with Gasteiger partial charge in [0.2, 0.25) is 11.5 Å². The fraction of sp³-hybridized carbons (Fsp3) is 0.111. The molecule has 0 spiro atoms. The molecule has 0 saturated heterocycles. The number of nitrogens with one attached hydrogen (secondary N) is 1. The first-order valence-electron chi connectivity index (χ1n) is 7.96. The van der Waals surface area contributed by atoms with Gasteiger partial charge in [-0.3, -0.25) is 4.79 Å². The maximum atomic E-state index is 13.3. The molecule has 11 heteroatoms. The van der Waals surface area contributed by atoms with Crippen LogP contribution in [0.4, 0.5) is 23.2 Å². The van der Waals surface area contributed by atoms with Crippen LogP contribution in [0.25, 0.3) is 0 Å². The van der Waals surface area contributed by atoms with Crippen molar-refractivity contribution in [3.05, 3.63) is 76.2 Å². The van der Waals surface area contributed by atoms with Gasteiger partial charge < -0.3 is 9.87 Å². The van der Waals surface area contributed by atoms with Crippen molar-refractivity contribution in [3.63, 3.8) is 0 Å². The second-order valence-corrected chi connectivity index (χ2v) is 7.49. The Kier molecular flexibility index (Phi) is 5.87. The van der Waals surface area contributed by atoms with Crippen LogP contribution < -0.4 is 5.32 Å². The number of rotatable bonds is 3. The number of carbonyl (C=O) groups excluding carboxylic acids is 1. The van der Waals surface area contributed by atoms with Crippen molar-refractivity contribution in [1.82, 2.24) is 4.31 Å². The molecule has 2 aromatic carbocycles. The minimum atomic E-state index is -4.56. The molecule has 0 fully saturated rings. The van der Waals surface area contributed by atoms with Crippen LogP contribution in [0.1, 0.15) is 11.1 Å². The Morgan fingerprint density at radius 2 is 1.97 bits per heavy atom. The lowest BCUT2D eigenvalue weighted by atomic mass is 10.1. The lowest BCUT2D eigenvalue weighted by Gasteiger charge is -2.23. The Balaban J connectivity index is 1.92. The Bertz CT molecular complexity index is 1030. The van der Waals surface area contributed by atoms with E-state index in [0.29, 0.717) is 0 Å². The molecule has 29 heavy (non-hydrogen) atoms. The van der Waals surface area contributed by atoms with Gasteiger partial charge in [0, 0.05) is 17.3 Å². The molecule has 0 aliphatic carbocycles. The molecule has 152 valence electrons. The minimum Gasteiger partial charge on any atom is -0.566 e. The number of alkyl halides is 3. The summed E-state index contributed by atoms with van der Waals surface area (Å²) in [6.07, 6.45) is -3.34. The standard InChI is InChI=1S/C18H12ClF4N3O2S/c1-26-16(17(27)24-12-5-6-14(20)13(19)8-12)9-15(25-29(26)28)10-3-2-4-11(7-10)18(21,22)23/h2-9H,1H3,(H,24,27). The predicted octanol–water partition coefficient (Wildman–Crippen LogP) is 4.33. The maximum Gasteiger partial charge on any atom is 0.416 e. The van der Waals surface area contributed by atoms with Gasteiger partial charge >= 0.3 is 6.18 Å². The zero-order chi connectivity index (χ0) is 21.3. The third-order valence-corrected chi connectivity index (χ3v) is 5.23. The lowest BCUT2D eigenvalue weighted by molar-refractivity contribution is -0.137. The summed E-state index contributed by atoms with van der Waals surface area (Å²) in [5.74, 6) is -1.39. The van der Waals surface area contributed by atoms with E-state index in [2.05, 4.69) is 9.71 Å². The highest BCUT2D eigenvalue weighted by Gasteiger charge is 2.33. The molecular formula is C18H12ClF4N3O2S. The summed E-state index contributed by atoms with van der Waals surface area (Å²) in [6, 6.07) is 7.83. The van der Waals surface area contributed by atoms with Crippen molar-refractivity contribution in [2.75, 3.05) is 12.4 Å². The number of allylic oxidation sites excluding steroid dienone is 1. The number of carbonyl (C=O) groups is 1. The smallest absolute Gasteiger partial charge is 0.416 e. The number of likely N-dealkylation sites (N-methyl/N-ethyl adjacent to an activating group) is 1. The molecule has 0 radical (unpaired) electrons. The van der Waals surface area contributed by atoms with Gasteiger partial charge in [-0.2, -0.15) is 17.5 Å². The van der Waals surface area contributed by atoms with Crippen LogP contribution in [-0.2, 0) is 22.5 Å². The van der Waals surface area contributed by atoms with Crippen LogP contribution >= 0.6 is 11.6 Å². The summed E-state index contributed by atoms with van der Waals surface area (Å²) >= 11 is 3.64. The van der Waals surface area contributed by atoms with E-state index in [4.69, 9.17) is 11.6 Å². The van der Waals surface area contributed by atoms with Crippen molar-refractivity contribution in [3.8, 4) is 0 Å². The normalized spacial score (nSPS) is 16.9. The summed E-state index contributed by atoms with van der Waals surface area (Å²) in [7, 11) is 1.34. The van der Waals surface area contributed by atoms with Crippen molar-refractivity contribution in [2.24, 2.45) is 4.40 Å². The largest absolute Gasteiger partial charge is 0.566 e. The summed E-state index contributed by atoms with van der Waals surface area (Å²) in [4.78, 5) is 12.6. The van der Waals surface area contributed by atoms with E-state index in [0.717, 1.165) is 22.5 Å². The third-order valence-electron chi connectivity index (χ3n) is 3.92. The predicted molar refractivity (Wildman–Crippen MR) is 102 cm³/mol. The molecule has 0 saturated carbocycles. The molecule has 1 atom stereocenters. The number of amides is 1. The van der Waals surface area contributed by atoms with Crippen LogP contribution in [0.5, 0.6) is 0 Å². The number of nitrogens with zero attached hydrogens (tertiary/aromatic N) is 2. The molecule has 1 N–H and O–H groups in total. The van der Waals surface area contributed by atoms with Gasteiger partial charge in [-0.1, -0.05) is 23.7 Å². The summed E-state index contributed by atoms with van der Waals surface area (Å²) in [5.41, 5.74) is -0.815. The van der Waals surface area contributed by atoms with Crippen LogP contribution in [-0.4, -0.2) is 27.5 Å². The second kappa shape index (κ2) is 8.05. The van der Waals surface area contributed by atoms with Crippen LogP contribution in [0.3, 0.4) is 0 Å². The number of anilines is 1. The van der Waals surface area contributed by atoms with Crippen molar-refractivity contribution < 1.29 is 26.9 Å². The molecule has 0 aromatic heterocycles. The highest BCUT2D eigenvalue weighted by molar-refractivity contribution is 7.88. The first-order chi connectivity index (χ1) is 13.6. The van der Waals surface area contributed by atoms with Crippen molar-refractivity contribution >= 4 is 40.5 Å². The zero-order valence-corrected chi connectivity index (χ0v) is 16.2. The van der Waals surface area contributed by atoms with Crippen LogP contribution in [0.15, 0.2) is 58.6 Å². The van der Waals surface area contributed by atoms with Crippen molar-refractivity contribution in [1.29, 1.82) is 0 Å². The van der Waals surface area contributed by atoms with Gasteiger partial charge in [-0.25, -0.2) is 4.39 Å². The van der Waals surface area contributed by atoms with Gasteiger partial charge in [0.05, 0.1) is 17.6 Å². The quantitative estimate of drug-likeness (QED) is 0.564. The van der Waals surface area contributed by atoms with Gasteiger partial charge in [0.25, 0.3) is 5.91 Å². The van der Waals surface area contributed by atoms with Gasteiger partial charge in [-0.05, 0) is 34.7 Å². The minimum absolute atomic E-state index is 0.0465. The fourth-order valence-electron chi connectivity index (χ4n) is 2.44. The van der Waals surface area contributed by atoms with Gasteiger partial charge in [0.1, 0.15) is 11.5 Å². The maximum absolute atomic E-state index is 13.3. The third kappa shape index (κ3) is 4.72. The molecule has 1 unspecified atom stereocenters. The molecule has 5 nitrogen and oxygen atoms in total. The summed E-state index contributed by atoms with van der Waals surface area (Å²) in [6.45, 7) is 0. The summed E-state index contributed by atoms with van der Waals surface area (Å²) in [5, 5.41) is 2.26. The number of hydrogen-bond donors (Lipinski definition) is 1. The zero-order valence-electron chi connectivity index (χ0n) is 14.6. The molecule has 1 amide bonds.